The summed E-state index contributed by atoms with van der Waals surface area (Å²) in [6.07, 6.45) is 4.28. The van der Waals surface area contributed by atoms with Gasteiger partial charge >= 0.3 is 0 Å². The average molecular weight is 375 g/mol. The fourth-order valence-corrected chi connectivity index (χ4v) is 3.95. The number of nitrogen functional groups attached to an aromatic ring is 1. The van der Waals surface area contributed by atoms with Crippen LogP contribution in [0.3, 0.4) is 0 Å². The quantitative estimate of drug-likeness (QED) is 0.736. The lowest BCUT2D eigenvalue weighted by molar-refractivity contribution is -0.132. The number of carbonyl (C=O) groups excluding carboxylic acids is 1. The highest BCUT2D eigenvalue weighted by Gasteiger charge is 2.30. The maximum Gasteiger partial charge on any atom is 0.223 e. The molecule has 0 saturated carbocycles. The number of pyridine rings is 1. The van der Waals surface area contributed by atoms with Crippen molar-refractivity contribution in [2.75, 3.05) is 12.3 Å². The molecule has 2 N–H and O–H groups in total. The van der Waals surface area contributed by atoms with Crippen LogP contribution in [-0.4, -0.2) is 32.3 Å². The number of hydrogen-bond acceptors (Lipinski definition) is 5. The summed E-state index contributed by atoms with van der Waals surface area (Å²) in [4.78, 5) is 28.1. The largest absolute Gasteiger partial charge is 0.383 e. The second-order valence-electron chi connectivity index (χ2n) is 7.35. The van der Waals surface area contributed by atoms with Crippen molar-refractivity contribution in [3.63, 3.8) is 0 Å². The summed E-state index contributed by atoms with van der Waals surface area (Å²) in [5.74, 6) is 1.26. The number of benzene rings is 1. The second kappa shape index (κ2) is 7.92. The molecule has 1 atom stereocenters. The summed E-state index contributed by atoms with van der Waals surface area (Å²) in [7, 11) is 0. The standard InChI is InChI=1S/C22H25N5O/c1-15-24-21(23)17-12-13-18(26-22(17)25-15)19-10-6-14-27(19)20(28)11-5-9-16-7-3-2-4-8-16/h2-4,7-8,12-13,19H,5-6,9-11,14H2,1H3,(H2,23,24,25,26). The minimum absolute atomic E-state index is 0.0186. The van der Waals surface area contributed by atoms with Gasteiger partial charge in [-0.1, -0.05) is 30.3 Å². The molecule has 2 aromatic heterocycles. The van der Waals surface area contributed by atoms with Crippen LogP contribution in [0.4, 0.5) is 5.82 Å². The highest BCUT2D eigenvalue weighted by atomic mass is 16.2. The molecule has 4 rings (SSSR count). The van der Waals surface area contributed by atoms with E-state index in [0.717, 1.165) is 43.3 Å². The molecule has 6 heteroatoms. The molecule has 1 amide bonds. The molecule has 28 heavy (non-hydrogen) atoms. The SMILES string of the molecule is Cc1nc(N)c2ccc(C3CCCN3C(=O)CCCc3ccccc3)nc2n1. The first-order chi connectivity index (χ1) is 13.6. The number of aryl methyl sites for hydroxylation is 2. The Balaban J connectivity index is 1.47. The number of aromatic nitrogens is 3. The van der Waals surface area contributed by atoms with Crippen molar-refractivity contribution in [1.29, 1.82) is 0 Å². The van der Waals surface area contributed by atoms with Gasteiger partial charge in [-0.3, -0.25) is 4.79 Å². The Morgan fingerprint density at radius 3 is 2.79 bits per heavy atom. The molecular formula is C22H25N5O. The smallest absolute Gasteiger partial charge is 0.223 e. The Morgan fingerprint density at radius 2 is 1.96 bits per heavy atom. The van der Waals surface area contributed by atoms with Gasteiger partial charge in [0.05, 0.1) is 17.1 Å². The van der Waals surface area contributed by atoms with Crippen molar-refractivity contribution in [1.82, 2.24) is 19.9 Å². The Kier molecular flexibility index (Phi) is 5.19. The zero-order valence-electron chi connectivity index (χ0n) is 16.1. The molecule has 1 aromatic carbocycles. The van der Waals surface area contributed by atoms with Gasteiger partial charge in [0, 0.05) is 13.0 Å². The van der Waals surface area contributed by atoms with E-state index < -0.39 is 0 Å². The third-order valence-corrected chi connectivity index (χ3v) is 5.34. The molecule has 1 aliphatic rings. The van der Waals surface area contributed by atoms with E-state index in [1.54, 1.807) is 0 Å². The normalized spacial score (nSPS) is 16.6. The summed E-state index contributed by atoms with van der Waals surface area (Å²) in [5, 5.41) is 0.757. The minimum atomic E-state index is 0.0186. The number of amides is 1. The van der Waals surface area contributed by atoms with Crippen LogP contribution in [0.1, 0.15) is 48.8 Å². The van der Waals surface area contributed by atoms with Gasteiger partial charge in [0.1, 0.15) is 11.6 Å². The number of rotatable bonds is 5. The van der Waals surface area contributed by atoms with E-state index in [9.17, 15) is 4.79 Å². The Morgan fingerprint density at radius 1 is 1.14 bits per heavy atom. The summed E-state index contributed by atoms with van der Waals surface area (Å²) < 4.78 is 0. The average Bonchev–Trinajstić information content (AvgIpc) is 3.18. The van der Waals surface area contributed by atoms with Gasteiger partial charge in [0.25, 0.3) is 0 Å². The lowest BCUT2D eigenvalue weighted by atomic mass is 10.1. The van der Waals surface area contributed by atoms with Crippen LogP contribution in [0.2, 0.25) is 0 Å². The third-order valence-electron chi connectivity index (χ3n) is 5.34. The number of hydrogen-bond donors (Lipinski definition) is 1. The van der Waals surface area contributed by atoms with Gasteiger partial charge in [0.15, 0.2) is 5.65 Å². The van der Waals surface area contributed by atoms with Crippen LogP contribution in [0.15, 0.2) is 42.5 Å². The van der Waals surface area contributed by atoms with Crippen molar-refractivity contribution in [2.45, 2.75) is 45.1 Å². The predicted molar refractivity (Wildman–Crippen MR) is 110 cm³/mol. The van der Waals surface area contributed by atoms with E-state index in [-0.39, 0.29) is 11.9 Å². The van der Waals surface area contributed by atoms with Crippen molar-refractivity contribution in [2.24, 2.45) is 0 Å². The Bertz CT molecular complexity index is 989. The van der Waals surface area contributed by atoms with E-state index in [4.69, 9.17) is 10.7 Å². The zero-order chi connectivity index (χ0) is 19.5. The fourth-order valence-electron chi connectivity index (χ4n) is 3.95. The van der Waals surface area contributed by atoms with Gasteiger partial charge in [-0.2, -0.15) is 0 Å². The molecule has 1 fully saturated rings. The molecule has 6 nitrogen and oxygen atoms in total. The van der Waals surface area contributed by atoms with Crippen LogP contribution in [0.5, 0.6) is 0 Å². The number of fused-ring (bicyclic) bond motifs is 1. The number of likely N-dealkylation sites (tertiary alicyclic amines) is 1. The minimum Gasteiger partial charge on any atom is -0.383 e. The Labute approximate surface area is 164 Å². The van der Waals surface area contributed by atoms with Crippen LogP contribution in [-0.2, 0) is 11.2 Å². The molecule has 1 saturated heterocycles. The monoisotopic (exact) mass is 375 g/mol. The predicted octanol–water partition coefficient (Wildman–Crippen LogP) is 3.60. The number of carbonyl (C=O) groups is 1. The molecule has 3 aromatic rings. The zero-order valence-corrected chi connectivity index (χ0v) is 16.1. The molecule has 0 aliphatic carbocycles. The molecule has 0 spiro atoms. The fraction of sp³-hybridized carbons (Fsp3) is 0.364. The topological polar surface area (TPSA) is 85.0 Å². The van der Waals surface area contributed by atoms with Gasteiger partial charge < -0.3 is 10.6 Å². The van der Waals surface area contributed by atoms with Crippen LogP contribution < -0.4 is 5.73 Å². The molecule has 3 heterocycles. The number of nitrogens with zero attached hydrogens (tertiary/aromatic N) is 4. The van der Waals surface area contributed by atoms with Gasteiger partial charge in [0.2, 0.25) is 5.91 Å². The van der Waals surface area contributed by atoms with E-state index in [0.29, 0.717) is 23.7 Å². The van der Waals surface area contributed by atoms with Crippen LogP contribution in [0, 0.1) is 6.92 Å². The molecule has 1 unspecified atom stereocenters. The maximum atomic E-state index is 12.8. The van der Waals surface area contributed by atoms with Crippen LogP contribution >= 0.6 is 0 Å². The van der Waals surface area contributed by atoms with E-state index in [2.05, 4.69) is 22.1 Å². The van der Waals surface area contributed by atoms with E-state index >= 15 is 0 Å². The lowest BCUT2D eigenvalue weighted by Gasteiger charge is -2.24. The summed E-state index contributed by atoms with van der Waals surface area (Å²) >= 11 is 0. The molecule has 0 bridgehead atoms. The highest BCUT2D eigenvalue weighted by Crippen LogP contribution is 2.32. The number of anilines is 1. The van der Waals surface area contributed by atoms with Crippen molar-refractivity contribution >= 4 is 22.8 Å². The second-order valence-corrected chi connectivity index (χ2v) is 7.35. The summed E-state index contributed by atoms with van der Waals surface area (Å²) in [5.41, 5.74) is 8.75. The Hall–Kier alpha value is -3.02. The first-order valence-corrected chi connectivity index (χ1v) is 9.86. The molecule has 144 valence electrons. The van der Waals surface area contributed by atoms with Crippen LogP contribution in [0.25, 0.3) is 11.0 Å². The number of nitrogens with two attached hydrogens (primary N) is 1. The summed E-state index contributed by atoms with van der Waals surface area (Å²) in [6, 6.07) is 14.2. The van der Waals surface area contributed by atoms with Gasteiger partial charge in [-0.25, -0.2) is 15.0 Å². The molecule has 1 aliphatic heterocycles. The first kappa shape index (κ1) is 18.3. The van der Waals surface area contributed by atoms with Crippen molar-refractivity contribution in [3.8, 4) is 0 Å². The maximum absolute atomic E-state index is 12.8. The lowest BCUT2D eigenvalue weighted by Crippen LogP contribution is -2.30. The highest BCUT2D eigenvalue weighted by molar-refractivity contribution is 5.85. The molecule has 0 radical (unpaired) electrons. The first-order valence-electron chi connectivity index (χ1n) is 9.86. The van der Waals surface area contributed by atoms with Gasteiger partial charge in [-0.15, -0.1) is 0 Å². The van der Waals surface area contributed by atoms with Crippen molar-refractivity contribution in [3.05, 3.63) is 59.5 Å². The van der Waals surface area contributed by atoms with Crippen molar-refractivity contribution < 1.29 is 4.79 Å². The molecular weight excluding hydrogens is 350 g/mol. The van der Waals surface area contributed by atoms with E-state index in [1.165, 1.54) is 5.56 Å². The summed E-state index contributed by atoms with van der Waals surface area (Å²) in [6.45, 7) is 2.60. The van der Waals surface area contributed by atoms with Gasteiger partial charge in [-0.05, 0) is 50.3 Å². The third kappa shape index (κ3) is 3.81. The van der Waals surface area contributed by atoms with E-state index in [1.807, 2.05) is 42.2 Å².